The highest BCUT2D eigenvalue weighted by Gasteiger charge is 2.48. The van der Waals surface area contributed by atoms with Gasteiger partial charge in [0, 0.05) is 17.0 Å². The van der Waals surface area contributed by atoms with E-state index in [4.69, 9.17) is 11.6 Å². The van der Waals surface area contributed by atoms with Crippen LogP contribution in [0.15, 0.2) is 30.5 Å². The fraction of sp³-hybridized carbons (Fsp3) is 0.571. The average molecular weight is 455 g/mol. The van der Waals surface area contributed by atoms with E-state index in [1.54, 1.807) is 0 Å². The van der Waals surface area contributed by atoms with Gasteiger partial charge in [-0.2, -0.15) is 5.10 Å². The van der Waals surface area contributed by atoms with Gasteiger partial charge in [-0.1, -0.05) is 30.2 Å². The molecule has 164 valence electrons. The first kappa shape index (κ1) is 21.7. The molecule has 1 aliphatic carbocycles. The van der Waals surface area contributed by atoms with Crippen LogP contribution in [-0.2, 0) is 28.4 Å². The van der Waals surface area contributed by atoms with E-state index in [0.29, 0.717) is 6.54 Å². The van der Waals surface area contributed by atoms with Gasteiger partial charge in [0.2, 0.25) is 10.0 Å². The summed E-state index contributed by atoms with van der Waals surface area (Å²) in [5, 5.41) is 9.02. The predicted octanol–water partition coefficient (Wildman–Crippen LogP) is 3.12. The van der Waals surface area contributed by atoms with Crippen LogP contribution in [0.1, 0.15) is 48.5 Å². The highest BCUT2D eigenvalue weighted by molar-refractivity contribution is 7.89. The zero-order valence-corrected chi connectivity index (χ0v) is 18.5. The minimum Gasteiger partial charge on any atom is -0.308 e. The summed E-state index contributed by atoms with van der Waals surface area (Å²) < 4.78 is 40.7. The van der Waals surface area contributed by atoms with E-state index in [2.05, 4.69) is 27.3 Å². The molecule has 0 radical (unpaired) electrons. The predicted molar refractivity (Wildman–Crippen MR) is 116 cm³/mol. The van der Waals surface area contributed by atoms with Gasteiger partial charge in [0.1, 0.15) is 0 Å². The van der Waals surface area contributed by atoms with E-state index in [-0.39, 0.29) is 30.2 Å². The first-order chi connectivity index (χ1) is 14.5. The van der Waals surface area contributed by atoms with Crippen LogP contribution in [-0.4, -0.2) is 43.7 Å². The van der Waals surface area contributed by atoms with Gasteiger partial charge in [-0.25, -0.2) is 13.1 Å². The Morgan fingerprint density at radius 2 is 2.07 bits per heavy atom. The Labute approximate surface area is 182 Å². The van der Waals surface area contributed by atoms with Crippen LogP contribution >= 0.6 is 11.6 Å². The molecule has 0 bridgehead atoms. The molecule has 0 saturated heterocycles. The summed E-state index contributed by atoms with van der Waals surface area (Å²) in [6.45, 7) is 0.949. The van der Waals surface area contributed by atoms with Crippen molar-refractivity contribution in [3.8, 4) is 0 Å². The van der Waals surface area contributed by atoms with Gasteiger partial charge in [-0.05, 0) is 55.5 Å². The van der Waals surface area contributed by atoms with Crippen molar-refractivity contribution in [3.63, 3.8) is 0 Å². The molecule has 1 unspecified atom stereocenters. The van der Waals surface area contributed by atoms with Gasteiger partial charge in [0.05, 0.1) is 36.9 Å². The molecule has 2 aliphatic rings. The highest BCUT2D eigenvalue weighted by atomic mass is 35.5. The largest absolute Gasteiger partial charge is 0.308 e. The molecule has 1 atom stereocenters. The zero-order valence-electron chi connectivity index (χ0n) is 16.9. The summed E-state index contributed by atoms with van der Waals surface area (Å²) in [4.78, 5) is 0. The van der Waals surface area contributed by atoms with E-state index < -0.39 is 16.7 Å². The topological polar surface area (TPSA) is 76.0 Å². The van der Waals surface area contributed by atoms with Crippen molar-refractivity contribution in [2.24, 2.45) is 0 Å². The summed E-state index contributed by atoms with van der Waals surface area (Å²) in [6.07, 6.45) is 6.19. The summed E-state index contributed by atoms with van der Waals surface area (Å²) in [6, 6.07) is 8.27. The molecule has 9 heteroatoms. The van der Waals surface area contributed by atoms with Crippen LogP contribution in [0.3, 0.4) is 0 Å². The Bertz CT molecular complexity index is 973. The van der Waals surface area contributed by atoms with Crippen LogP contribution in [0.5, 0.6) is 0 Å². The lowest BCUT2D eigenvalue weighted by Crippen LogP contribution is -2.50. The lowest BCUT2D eigenvalue weighted by atomic mass is 9.58. The lowest BCUT2D eigenvalue weighted by molar-refractivity contribution is 0.157. The van der Waals surface area contributed by atoms with Gasteiger partial charge < -0.3 is 5.32 Å². The summed E-state index contributed by atoms with van der Waals surface area (Å²) >= 11 is 6.12. The number of aromatic nitrogens is 2. The SMILES string of the molecule is O=S(=O)(CCCF)NCCn1ncc2c1C(C1(c3ccc(Cl)cc3)CCC1)NCC2. The van der Waals surface area contributed by atoms with Crippen LogP contribution in [0.4, 0.5) is 4.39 Å². The van der Waals surface area contributed by atoms with Crippen molar-refractivity contribution < 1.29 is 12.8 Å². The second kappa shape index (κ2) is 8.94. The van der Waals surface area contributed by atoms with Crippen molar-refractivity contribution in [2.75, 3.05) is 25.5 Å². The summed E-state index contributed by atoms with van der Waals surface area (Å²) in [5.74, 6) is -0.190. The number of fused-ring (bicyclic) bond motifs is 1. The number of benzene rings is 1. The molecule has 4 rings (SSSR count). The number of halogens is 2. The smallest absolute Gasteiger partial charge is 0.211 e. The average Bonchev–Trinajstić information content (AvgIpc) is 3.11. The van der Waals surface area contributed by atoms with Gasteiger partial charge in [0.15, 0.2) is 0 Å². The number of alkyl halides is 1. The molecule has 0 spiro atoms. The Balaban J connectivity index is 1.55. The van der Waals surface area contributed by atoms with Crippen molar-refractivity contribution in [3.05, 3.63) is 52.3 Å². The van der Waals surface area contributed by atoms with Crippen LogP contribution < -0.4 is 10.0 Å². The normalized spacial score (nSPS) is 20.5. The molecule has 1 saturated carbocycles. The van der Waals surface area contributed by atoms with Crippen molar-refractivity contribution in [1.82, 2.24) is 19.8 Å². The third-order valence-electron chi connectivity index (χ3n) is 6.39. The monoisotopic (exact) mass is 454 g/mol. The highest BCUT2D eigenvalue weighted by Crippen LogP contribution is 2.53. The third-order valence-corrected chi connectivity index (χ3v) is 8.11. The molecule has 1 fully saturated rings. The fourth-order valence-electron chi connectivity index (χ4n) is 4.75. The van der Waals surface area contributed by atoms with E-state index in [0.717, 1.165) is 36.5 Å². The van der Waals surface area contributed by atoms with Gasteiger partial charge >= 0.3 is 0 Å². The molecule has 0 amide bonds. The number of nitrogens with one attached hydrogen (secondary N) is 2. The summed E-state index contributed by atoms with van der Waals surface area (Å²) in [5.41, 5.74) is 3.65. The molecule has 1 aliphatic heterocycles. The first-order valence-electron chi connectivity index (χ1n) is 10.5. The standard InChI is InChI=1S/C21H28ClFN4O2S/c22-18-5-3-17(4-6-18)21(8-1-9-21)20-19-16(7-11-24-20)15-25-27(19)13-12-26-30(28,29)14-2-10-23/h3-6,15,20,24,26H,1-2,7-14H2. The Kier molecular flexibility index (Phi) is 6.48. The van der Waals surface area contributed by atoms with Crippen LogP contribution in [0.2, 0.25) is 5.02 Å². The van der Waals surface area contributed by atoms with Gasteiger partial charge in [-0.3, -0.25) is 9.07 Å². The minimum absolute atomic E-state index is 0.00181. The molecular weight excluding hydrogens is 427 g/mol. The number of hydrogen-bond acceptors (Lipinski definition) is 4. The molecule has 2 N–H and O–H groups in total. The summed E-state index contributed by atoms with van der Waals surface area (Å²) in [7, 11) is -3.46. The Morgan fingerprint density at radius 3 is 2.73 bits per heavy atom. The maximum Gasteiger partial charge on any atom is 0.211 e. The minimum atomic E-state index is -3.46. The first-order valence-corrected chi connectivity index (χ1v) is 12.6. The van der Waals surface area contributed by atoms with E-state index in [9.17, 15) is 12.8 Å². The molecule has 2 heterocycles. The van der Waals surface area contributed by atoms with Crippen molar-refractivity contribution in [1.29, 1.82) is 0 Å². The van der Waals surface area contributed by atoms with Crippen molar-refractivity contribution in [2.45, 2.75) is 50.1 Å². The fourth-order valence-corrected chi connectivity index (χ4v) is 5.91. The van der Waals surface area contributed by atoms with Crippen LogP contribution in [0.25, 0.3) is 0 Å². The number of hydrogen-bond donors (Lipinski definition) is 2. The Hall–Kier alpha value is -1.48. The molecule has 1 aromatic heterocycles. The second-order valence-corrected chi connectivity index (χ2v) is 10.6. The molecular formula is C21H28ClFN4O2S. The Morgan fingerprint density at radius 1 is 1.30 bits per heavy atom. The molecule has 30 heavy (non-hydrogen) atoms. The third kappa shape index (κ3) is 4.28. The number of rotatable bonds is 9. The van der Waals surface area contributed by atoms with Crippen molar-refractivity contribution >= 4 is 21.6 Å². The zero-order chi connectivity index (χ0) is 21.2. The maximum absolute atomic E-state index is 12.3. The van der Waals surface area contributed by atoms with E-state index in [1.165, 1.54) is 17.5 Å². The van der Waals surface area contributed by atoms with Crippen LogP contribution in [0, 0.1) is 0 Å². The van der Waals surface area contributed by atoms with Gasteiger partial charge in [-0.15, -0.1) is 0 Å². The second-order valence-electron chi connectivity index (χ2n) is 8.19. The van der Waals surface area contributed by atoms with E-state index in [1.807, 2.05) is 23.0 Å². The quantitative estimate of drug-likeness (QED) is 0.610. The lowest BCUT2D eigenvalue weighted by Gasteiger charge is -2.50. The molecule has 1 aromatic carbocycles. The number of nitrogens with zero attached hydrogens (tertiary/aromatic N) is 2. The number of sulfonamides is 1. The van der Waals surface area contributed by atoms with E-state index >= 15 is 0 Å². The molecule has 6 nitrogen and oxygen atoms in total. The maximum atomic E-state index is 12.3. The van der Waals surface area contributed by atoms with Gasteiger partial charge in [0.25, 0.3) is 0 Å². The molecule has 2 aromatic rings.